The number of rotatable bonds is 5. The van der Waals surface area contributed by atoms with Crippen LogP contribution in [0.25, 0.3) is 16.6 Å². The SMILES string of the molecule is CCOC(=O)c1c(SC)n(-c2ccc(F)cc2F)c2c(Cl)c(C(C)=O)c(F)cc2c1=O. The number of esters is 1. The second-order valence-corrected chi connectivity index (χ2v) is 7.54. The number of ketones is 1. The molecule has 0 saturated carbocycles. The van der Waals surface area contributed by atoms with Crippen LogP contribution in [0.3, 0.4) is 0 Å². The number of carbonyl (C=O) groups excluding carboxylic acids is 2. The van der Waals surface area contributed by atoms with Gasteiger partial charge in [0.1, 0.15) is 23.0 Å². The Bertz CT molecular complexity index is 1310. The van der Waals surface area contributed by atoms with Crippen LogP contribution in [0, 0.1) is 17.5 Å². The number of fused-ring (bicyclic) bond motifs is 1. The van der Waals surface area contributed by atoms with Gasteiger partial charge in [-0.15, -0.1) is 11.8 Å². The lowest BCUT2D eigenvalue weighted by Gasteiger charge is -2.21. The molecule has 3 rings (SSSR count). The molecule has 3 aromatic rings. The quantitative estimate of drug-likeness (QED) is 0.293. The highest BCUT2D eigenvalue weighted by Crippen LogP contribution is 2.36. The normalized spacial score (nSPS) is 11.1. The van der Waals surface area contributed by atoms with Gasteiger partial charge in [0.25, 0.3) is 0 Å². The summed E-state index contributed by atoms with van der Waals surface area (Å²) in [6.07, 6.45) is 1.52. The van der Waals surface area contributed by atoms with E-state index in [-0.39, 0.29) is 28.2 Å². The molecule has 0 amide bonds. The summed E-state index contributed by atoms with van der Waals surface area (Å²) in [5.41, 5.74) is -2.31. The molecule has 0 N–H and O–H groups in total. The van der Waals surface area contributed by atoms with Gasteiger partial charge in [-0.1, -0.05) is 11.6 Å². The van der Waals surface area contributed by atoms with Crippen LogP contribution in [0.4, 0.5) is 13.2 Å². The van der Waals surface area contributed by atoms with Crippen LogP contribution < -0.4 is 5.43 Å². The highest BCUT2D eigenvalue weighted by atomic mass is 35.5. The third kappa shape index (κ3) is 3.83. The highest BCUT2D eigenvalue weighted by Gasteiger charge is 2.29. The van der Waals surface area contributed by atoms with Crippen molar-refractivity contribution in [2.24, 2.45) is 0 Å². The molecule has 0 saturated heterocycles. The van der Waals surface area contributed by atoms with Gasteiger partial charge in [-0.3, -0.25) is 14.2 Å². The first-order valence-electron chi connectivity index (χ1n) is 8.92. The standard InChI is InChI=1S/C21H15ClF3NO4S/c1-4-30-21(29)16-19(28)11-8-13(25)15(9(2)27)17(22)18(11)26(20(16)31-3)14-6-5-10(23)7-12(14)24/h5-8H,4H2,1-3H3. The zero-order chi connectivity index (χ0) is 23.0. The number of hydrogen-bond donors (Lipinski definition) is 0. The van der Waals surface area contributed by atoms with E-state index in [1.54, 1.807) is 0 Å². The molecule has 0 bridgehead atoms. The fraction of sp³-hybridized carbons (Fsp3) is 0.190. The van der Waals surface area contributed by atoms with Crippen LogP contribution in [-0.2, 0) is 4.74 Å². The van der Waals surface area contributed by atoms with Crippen molar-refractivity contribution < 1.29 is 27.5 Å². The van der Waals surface area contributed by atoms with Crippen LogP contribution >= 0.6 is 23.4 Å². The summed E-state index contributed by atoms with van der Waals surface area (Å²) in [6.45, 7) is 2.57. The van der Waals surface area contributed by atoms with Crippen molar-refractivity contribution in [3.63, 3.8) is 0 Å². The summed E-state index contributed by atoms with van der Waals surface area (Å²) in [4.78, 5) is 37.7. The third-order valence-corrected chi connectivity index (χ3v) is 5.62. The van der Waals surface area contributed by atoms with Crippen LogP contribution in [0.1, 0.15) is 34.6 Å². The van der Waals surface area contributed by atoms with E-state index in [0.717, 1.165) is 41.5 Å². The Hall–Kier alpha value is -2.78. The lowest BCUT2D eigenvalue weighted by molar-refractivity contribution is 0.0519. The second kappa shape index (κ2) is 8.76. The van der Waals surface area contributed by atoms with E-state index < -0.39 is 50.8 Å². The minimum absolute atomic E-state index is 0.0482. The Morgan fingerprint density at radius 1 is 1.13 bits per heavy atom. The molecule has 0 spiro atoms. The fourth-order valence-corrected chi connectivity index (χ4v) is 4.40. The lowest BCUT2D eigenvalue weighted by atomic mass is 10.0. The Morgan fingerprint density at radius 2 is 1.81 bits per heavy atom. The van der Waals surface area contributed by atoms with Gasteiger partial charge in [0, 0.05) is 6.07 Å². The molecule has 1 aromatic heterocycles. The van der Waals surface area contributed by atoms with E-state index in [1.807, 2.05) is 0 Å². The number of ether oxygens (including phenoxy) is 1. The van der Waals surface area contributed by atoms with Gasteiger partial charge in [-0.25, -0.2) is 18.0 Å². The number of Topliss-reactive ketones (excluding diaryl/α,β-unsaturated/α-hetero) is 1. The molecule has 1 heterocycles. The van der Waals surface area contributed by atoms with Gasteiger partial charge in [-0.2, -0.15) is 0 Å². The number of thioether (sulfide) groups is 1. The summed E-state index contributed by atoms with van der Waals surface area (Å²) < 4.78 is 49.0. The molecule has 0 unspecified atom stereocenters. The van der Waals surface area contributed by atoms with Gasteiger partial charge in [0.15, 0.2) is 5.78 Å². The van der Waals surface area contributed by atoms with Crippen LogP contribution in [0.15, 0.2) is 34.1 Å². The minimum Gasteiger partial charge on any atom is -0.462 e. The largest absolute Gasteiger partial charge is 0.462 e. The maximum Gasteiger partial charge on any atom is 0.344 e. The zero-order valence-electron chi connectivity index (χ0n) is 16.5. The molecule has 5 nitrogen and oxygen atoms in total. The molecule has 0 fully saturated rings. The molecule has 2 aromatic carbocycles. The van der Waals surface area contributed by atoms with Crippen LogP contribution in [0.2, 0.25) is 5.02 Å². The summed E-state index contributed by atoms with van der Waals surface area (Å²) in [5.74, 6) is -4.67. The summed E-state index contributed by atoms with van der Waals surface area (Å²) >= 11 is 7.24. The van der Waals surface area contributed by atoms with Crippen molar-refractivity contribution in [1.82, 2.24) is 4.57 Å². The molecule has 0 atom stereocenters. The monoisotopic (exact) mass is 469 g/mol. The van der Waals surface area contributed by atoms with E-state index in [2.05, 4.69) is 0 Å². The van der Waals surface area contributed by atoms with Crippen molar-refractivity contribution in [3.8, 4) is 5.69 Å². The van der Waals surface area contributed by atoms with Crippen LogP contribution in [-0.4, -0.2) is 29.2 Å². The van der Waals surface area contributed by atoms with Gasteiger partial charge >= 0.3 is 5.97 Å². The fourth-order valence-electron chi connectivity index (χ4n) is 3.24. The summed E-state index contributed by atoms with van der Waals surface area (Å²) in [7, 11) is 0. The predicted molar refractivity (Wildman–Crippen MR) is 112 cm³/mol. The number of nitrogens with zero attached hydrogens (tertiary/aromatic N) is 1. The first-order valence-corrected chi connectivity index (χ1v) is 10.5. The molecule has 0 aliphatic heterocycles. The zero-order valence-corrected chi connectivity index (χ0v) is 18.1. The molecular formula is C21H15ClF3NO4S. The van der Waals surface area contributed by atoms with Gasteiger partial charge in [-0.05, 0) is 38.3 Å². The maximum absolute atomic E-state index is 14.8. The Balaban J connectivity index is 2.67. The number of halogens is 4. The van der Waals surface area contributed by atoms with Crippen molar-refractivity contribution in [3.05, 3.63) is 68.1 Å². The summed E-state index contributed by atoms with van der Waals surface area (Å²) in [5, 5.41) is -0.865. The van der Waals surface area contributed by atoms with E-state index in [4.69, 9.17) is 16.3 Å². The molecular weight excluding hydrogens is 455 g/mol. The number of hydrogen-bond acceptors (Lipinski definition) is 5. The first kappa shape index (κ1) is 22.9. The number of benzene rings is 2. The van der Waals surface area contributed by atoms with E-state index in [0.29, 0.717) is 6.07 Å². The topological polar surface area (TPSA) is 65.4 Å². The molecule has 0 aliphatic carbocycles. The third-order valence-electron chi connectivity index (χ3n) is 4.48. The van der Waals surface area contributed by atoms with E-state index in [1.165, 1.54) is 13.2 Å². The Morgan fingerprint density at radius 3 is 2.35 bits per heavy atom. The smallest absolute Gasteiger partial charge is 0.344 e. The number of carbonyl (C=O) groups is 2. The second-order valence-electron chi connectivity index (χ2n) is 6.36. The maximum atomic E-state index is 14.8. The first-order chi connectivity index (χ1) is 14.6. The number of aromatic nitrogens is 1. The van der Waals surface area contributed by atoms with Gasteiger partial charge in [0.2, 0.25) is 5.43 Å². The highest BCUT2D eigenvalue weighted by molar-refractivity contribution is 7.98. The van der Waals surface area contributed by atoms with Gasteiger partial charge in [0.05, 0.1) is 38.8 Å². The average molecular weight is 470 g/mol. The minimum atomic E-state index is -1.07. The molecule has 31 heavy (non-hydrogen) atoms. The Kier molecular flexibility index (Phi) is 6.47. The molecule has 0 aliphatic rings. The molecule has 162 valence electrons. The van der Waals surface area contributed by atoms with Crippen LogP contribution in [0.5, 0.6) is 0 Å². The molecule has 10 heteroatoms. The van der Waals surface area contributed by atoms with E-state index in [9.17, 15) is 27.6 Å². The van der Waals surface area contributed by atoms with E-state index >= 15 is 0 Å². The molecule has 0 radical (unpaired) electrons. The lowest BCUT2D eigenvalue weighted by Crippen LogP contribution is -2.24. The van der Waals surface area contributed by atoms with Crippen molar-refractivity contribution >= 4 is 46.0 Å². The van der Waals surface area contributed by atoms with Gasteiger partial charge < -0.3 is 4.74 Å². The predicted octanol–water partition coefficient (Wildman–Crippen LogP) is 5.16. The van der Waals surface area contributed by atoms with Crippen molar-refractivity contribution in [2.75, 3.05) is 12.9 Å². The summed E-state index contributed by atoms with van der Waals surface area (Å²) in [6, 6.07) is 3.43. The average Bonchev–Trinajstić information content (AvgIpc) is 2.68. The number of pyridine rings is 1. The van der Waals surface area contributed by atoms with Crippen molar-refractivity contribution in [1.29, 1.82) is 0 Å². The Labute approximate surface area is 183 Å². The van der Waals surface area contributed by atoms with Crippen molar-refractivity contribution in [2.45, 2.75) is 18.9 Å².